The first-order valence-corrected chi connectivity index (χ1v) is 12.6. The van der Waals surface area contributed by atoms with E-state index in [1.54, 1.807) is 6.20 Å². The average Bonchev–Trinajstić information content (AvgIpc) is 3.36. The van der Waals surface area contributed by atoms with Gasteiger partial charge in [0.1, 0.15) is 5.82 Å². The van der Waals surface area contributed by atoms with Gasteiger partial charge in [0, 0.05) is 56.9 Å². The van der Waals surface area contributed by atoms with Gasteiger partial charge in [0.15, 0.2) is 0 Å². The summed E-state index contributed by atoms with van der Waals surface area (Å²) in [4.78, 5) is 21.9. The van der Waals surface area contributed by atoms with Gasteiger partial charge in [-0.15, -0.1) is 0 Å². The maximum atomic E-state index is 12.9. The molecule has 1 aliphatic carbocycles. The third-order valence-corrected chi connectivity index (χ3v) is 8.48. The molecule has 3 aliphatic heterocycles. The number of rotatable bonds is 4. The second-order valence-corrected chi connectivity index (χ2v) is 10.5. The van der Waals surface area contributed by atoms with E-state index in [9.17, 15) is 9.90 Å². The van der Waals surface area contributed by atoms with Crippen molar-refractivity contribution in [3.63, 3.8) is 0 Å². The predicted molar refractivity (Wildman–Crippen MR) is 130 cm³/mol. The number of hydrogen-bond donors (Lipinski definition) is 2. The lowest BCUT2D eigenvalue weighted by Crippen LogP contribution is -2.53. The fraction of sp³-hybridized carbons (Fsp3) is 0.600. The summed E-state index contributed by atoms with van der Waals surface area (Å²) in [6.45, 7) is 5.89. The lowest BCUT2D eigenvalue weighted by atomic mass is 9.93. The first kappa shape index (κ1) is 22.5. The molecule has 9 heteroatoms. The highest BCUT2D eigenvalue weighted by molar-refractivity contribution is 6.34. The number of halogens is 1. The summed E-state index contributed by atoms with van der Waals surface area (Å²) in [5, 5.41) is 15.8. The van der Waals surface area contributed by atoms with E-state index in [-0.39, 0.29) is 23.3 Å². The van der Waals surface area contributed by atoms with Crippen LogP contribution in [0.25, 0.3) is 10.8 Å². The average molecular weight is 487 g/mol. The van der Waals surface area contributed by atoms with Crippen molar-refractivity contribution in [1.82, 2.24) is 9.88 Å². The van der Waals surface area contributed by atoms with Gasteiger partial charge in [-0.05, 0) is 48.3 Å². The predicted octanol–water partition coefficient (Wildman–Crippen LogP) is 2.53. The van der Waals surface area contributed by atoms with Gasteiger partial charge >= 0.3 is 0 Å². The lowest BCUT2D eigenvalue weighted by molar-refractivity contribution is -0.118. The molecular weight excluding hydrogens is 456 g/mol. The molecule has 0 radical (unpaired) electrons. The number of benzene rings is 1. The number of aliphatic hydroxyl groups is 1. The molecule has 2 N–H and O–H groups in total. The number of nitrogens with one attached hydrogen (secondary N) is 1. The molecule has 1 unspecified atom stereocenters. The van der Waals surface area contributed by atoms with Crippen LogP contribution >= 0.6 is 11.6 Å². The van der Waals surface area contributed by atoms with Gasteiger partial charge < -0.3 is 24.8 Å². The Labute approximate surface area is 204 Å². The molecule has 4 heterocycles. The third kappa shape index (κ3) is 4.16. The highest BCUT2D eigenvalue weighted by Crippen LogP contribution is 2.59. The summed E-state index contributed by atoms with van der Waals surface area (Å²) < 4.78 is 10.9. The van der Waals surface area contributed by atoms with Crippen LogP contribution in [0.5, 0.6) is 0 Å². The normalized spacial score (nSPS) is 29.0. The minimum atomic E-state index is -0.408. The number of carbonyl (C=O) groups excluding carboxylic acids is 1. The molecule has 1 saturated carbocycles. The van der Waals surface area contributed by atoms with Crippen molar-refractivity contribution in [2.24, 2.45) is 11.3 Å². The van der Waals surface area contributed by atoms with Gasteiger partial charge in [0.25, 0.3) is 0 Å². The number of carbonyl (C=O) groups is 1. The van der Waals surface area contributed by atoms with Crippen LogP contribution in [0.4, 0.5) is 11.5 Å². The molecule has 1 amide bonds. The number of amides is 1. The molecule has 4 aliphatic rings. The topological polar surface area (TPSA) is 87.2 Å². The Kier molecular flexibility index (Phi) is 5.90. The van der Waals surface area contributed by atoms with Crippen LogP contribution in [-0.4, -0.2) is 85.6 Å². The van der Waals surface area contributed by atoms with Gasteiger partial charge in [0.2, 0.25) is 5.91 Å². The SMILES string of the molecule is O=C(Nc1cc2cc(N3CCN([C@H]4COC[C@H]4O)CC3)c(Cl)cc2cn1)C1CC12CCOCC2. The van der Waals surface area contributed by atoms with Crippen molar-refractivity contribution < 1.29 is 19.4 Å². The number of nitrogens with zero attached hydrogens (tertiary/aromatic N) is 3. The number of fused-ring (bicyclic) bond motifs is 1. The zero-order chi connectivity index (χ0) is 23.3. The first-order valence-electron chi connectivity index (χ1n) is 12.3. The molecule has 0 bridgehead atoms. The fourth-order valence-corrected chi connectivity index (χ4v) is 6.19. The number of pyridine rings is 1. The molecule has 8 nitrogen and oxygen atoms in total. The Morgan fingerprint density at radius 1 is 1.09 bits per heavy atom. The van der Waals surface area contributed by atoms with Crippen LogP contribution in [0.1, 0.15) is 19.3 Å². The van der Waals surface area contributed by atoms with Gasteiger partial charge in [-0.1, -0.05) is 11.6 Å². The van der Waals surface area contributed by atoms with Crippen molar-refractivity contribution >= 4 is 39.8 Å². The van der Waals surface area contributed by atoms with Crippen LogP contribution in [0, 0.1) is 11.3 Å². The molecule has 3 atom stereocenters. The van der Waals surface area contributed by atoms with Crippen LogP contribution in [-0.2, 0) is 14.3 Å². The molecule has 2 aromatic rings. The van der Waals surface area contributed by atoms with Gasteiger partial charge in [-0.3, -0.25) is 9.69 Å². The lowest BCUT2D eigenvalue weighted by Gasteiger charge is -2.39. The maximum absolute atomic E-state index is 12.9. The number of hydrogen-bond acceptors (Lipinski definition) is 7. The van der Waals surface area contributed by atoms with E-state index in [4.69, 9.17) is 21.1 Å². The van der Waals surface area contributed by atoms with E-state index in [0.717, 1.165) is 75.1 Å². The number of aliphatic hydroxyl groups excluding tert-OH is 1. The summed E-state index contributed by atoms with van der Waals surface area (Å²) >= 11 is 6.66. The molecule has 1 aromatic carbocycles. The molecule has 34 heavy (non-hydrogen) atoms. The summed E-state index contributed by atoms with van der Waals surface area (Å²) in [7, 11) is 0. The number of aromatic nitrogens is 1. The molecule has 6 rings (SSSR count). The number of ether oxygens (including phenoxy) is 2. The minimum absolute atomic E-state index is 0.0646. The van der Waals surface area contributed by atoms with E-state index in [1.807, 2.05) is 12.1 Å². The van der Waals surface area contributed by atoms with E-state index in [0.29, 0.717) is 24.1 Å². The van der Waals surface area contributed by atoms with Crippen molar-refractivity contribution in [2.75, 3.05) is 62.8 Å². The third-order valence-electron chi connectivity index (χ3n) is 8.18. The van der Waals surface area contributed by atoms with Crippen molar-refractivity contribution in [1.29, 1.82) is 0 Å². The molecule has 182 valence electrons. The highest BCUT2D eigenvalue weighted by Gasteiger charge is 2.58. The standard InChI is InChI=1S/C25H31ClN4O4/c26-19-9-17-13-27-23(28-24(32)18-12-25(18)1-7-33-8-2-25)11-16(17)10-20(19)29-3-5-30(6-4-29)21-14-34-15-22(21)31/h9-11,13,18,21-22,31H,1-8,12,14-15H2,(H,27,28,32)/t18?,21-,22+/m0/s1. The minimum Gasteiger partial charge on any atom is -0.389 e. The van der Waals surface area contributed by atoms with E-state index in [1.165, 1.54) is 0 Å². The summed E-state index contributed by atoms with van der Waals surface area (Å²) in [5.74, 6) is 0.715. The number of piperazine rings is 1. The van der Waals surface area contributed by atoms with Gasteiger partial charge in [-0.2, -0.15) is 0 Å². The summed E-state index contributed by atoms with van der Waals surface area (Å²) in [6, 6.07) is 6.06. The van der Waals surface area contributed by atoms with Crippen LogP contribution in [0.2, 0.25) is 5.02 Å². The molecule has 3 saturated heterocycles. The Morgan fingerprint density at radius 2 is 1.88 bits per heavy atom. The van der Waals surface area contributed by atoms with Crippen molar-refractivity contribution in [3.05, 3.63) is 29.4 Å². The van der Waals surface area contributed by atoms with Gasteiger partial charge in [-0.25, -0.2) is 4.98 Å². The summed E-state index contributed by atoms with van der Waals surface area (Å²) in [6.07, 6.45) is 4.26. The zero-order valence-corrected chi connectivity index (χ0v) is 20.0. The maximum Gasteiger partial charge on any atom is 0.229 e. The monoisotopic (exact) mass is 486 g/mol. The molecule has 4 fully saturated rings. The molecule has 1 spiro atoms. The Bertz CT molecular complexity index is 1080. The highest BCUT2D eigenvalue weighted by atomic mass is 35.5. The summed E-state index contributed by atoms with van der Waals surface area (Å²) in [5.41, 5.74) is 1.13. The zero-order valence-electron chi connectivity index (χ0n) is 19.2. The largest absolute Gasteiger partial charge is 0.389 e. The number of anilines is 2. The van der Waals surface area contributed by atoms with E-state index >= 15 is 0 Å². The second-order valence-electron chi connectivity index (χ2n) is 10.1. The Morgan fingerprint density at radius 3 is 2.62 bits per heavy atom. The van der Waals surface area contributed by atoms with Crippen molar-refractivity contribution in [3.8, 4) is 0 Å². The van der Waals surface area contributed by atoms with Gasteiger partial charge in [0.05, 0.1) is 36.1 Å². The van der Waals surface area contributed by atoms with Crippen LogP contribution < -0.4 is 10.2 Å². The Hall–Kier alpha value is -1.97. The smallest absolute Gasteiger partial charge is 0.229 e. The van der Waals surface area contributed by atoms with Crippen LogP contribution in [0.15, 0.2) is 24.4 Å². The molecule has 1 aromatic heterocycles. The first-order chi connectivity index (χ1) is 16.5. The van der Waals surface area contributed by atoms with Crippen molar-refractivity contribution in [2.45, 2.75) is 31.4 Å². The quantitative estimate of drug-likeness (QED) is 0.686. The van der Waals surface area contributed by atoms with Crippen LogP contribution in [0.3, 0.4) is 0 Å². The van der Waals surface area contributed by atoms with E-state index in [2.05, 4.69) is 26.2 Å². The fourth-order valence-electron chi connectivity index (χ4n) is 5.90. The molecular formula is C25H31ClN4O4. The second kappa shape index (κ2) is 8.91. The van der Waals surface area contributed by atoms with E-state index < -0.39 is 6.10 Å². The Balaban J connectivity index is 1.15.